The van der Waals surface area contributed by atoms with Crippen LogP contribution in [0.2, 0.25) is 0 Å². The molecular weight excluding hydrogens is 312 g/mol. The normalized spacial score (nSPS) is 12.2. The number of benzene rings is 2. The molecule has 0 bridgehead atoms. The average molecular weight is 333 g/mol. The highest BCUT2D eigenvalue weighted by Gasteiger charge is 2.08. The zero-order chi connectivity index (χ0) is 14.5. The molecule has 1 atom stereocenters. The zero-order valence-corrected chi connectivity index (χ0v) is 13.6. The van der Waals surface area contributed by atoms with Gasteiger partial charge in [-0.3, -0.25) is 0 Å². The van der Waals surface area contributed by atoms with Gasteiger partial charge in [0.2, 0.25) is 0 Å². The van der Waals surface area contributed by atoms with Crippen molar-refractivity contribution in [3.8, 4) is 0 Å². The highest BCUT2D eigenvalue weighted by atomic mass is 79.9. The summed E-state index contributed by atoms with van der Waals surface area (Å²) < 4.78 is 1.08. The summed E-state index contributed by atoms with van der Waals surface area (Å²) >= 11 is 3.49. The minimum absolute atomic E-state index is 0.0698. The molecule has 2 aromatic rings. The van der Waals surface area contributed by atoms with Crippen molar-refractivity contribution in [1.82, 2.24) is 0 Å². The Bertz CT molecular complexity index is 551. The minimum Gasteiger partial charge on any atom is -0.375 e. The predicted octanol–water partition coefficient (Wildman–Crippen LogP) is 4.28. The Balaban J connectivity index is 1.93. The van der Waals surface area contributed by atoms with E-state index < -0.39 is 0 Å². The van der Waals surface area contributed by atoms with Crippen molar-refractivity contribution in [2.75, 3.05) is 18.5 Å². The van der Waals surface area contributed by atoms with E-state index in [2.05, 4.69) is 71.2 Å². The third kappa shape index (κ3) is 4.09. The smallest absolute Gasteiger partial charge is 0.0363 e. The Morgan fingerprint density at radius 1 is 1.15 bits per heavy atom. The molecule has 0 aliphatic carbocycles. The van der Waals surface area contributed by atoms with Crippen LogP contribution in [0.1, 0.15) is 23.6 Å². The second kappa shape index (κ2) is 6.91. The number of aryl methyl sites for hydroxylation is 1. The Labute approximate surface area is 129 Å². The van der Waals surface area contributed by atoms with E-state index in [1.807, 2.05) is 12.1 Å². The number of nitrogens with zero attached hydrogens (tertiary/aromatic N) is 1. The van der Waals surface area contributed by atoms with Gasteiger partial charge in [-0.05, 0) is 43.2 Å². The van der Waals surface area contributed by atoms with E-state index in [0.717, 1.165) is 17.4 Å². The third-order valence-electron chi connectivity index (χ3n) is 3.53. The number of hydrogen-bond donors (Lipinski definition) is 1. The number of halogens is 1. The van der Waals surface area contributed by atoms with E-state index in [1.54, 1.807) is 0 Å². The fourth-order valence-corrected chi connectivity index (χ4v) is 2.58. The first-order chi connectivity index (χ1) is 9.56. The van der Waals surface area contributed by atoms with Crippen LogP contribution in [-0.2, 0) is 0 Å². The van der Waals surface area contributed by atoms with Crippen LogP contribution in [0.3, 0.4) is 0 Å². The van der Waals surface area contributed by atoms with Gasteiger partial charge in [0.15, 0.2) is 0 Å². The van der Waals surface area contributed by atoms with Crippen molar-refractivity contribution < 1.29 is 0 Å². The molecule has 0 aliphatic heterocycles. The first-order valence-corrected chi connectivity index (χ1v) is 7.64. The van der Waals surface area contributed by atoms with Gasteiger partial charge in [-0.1, -0.05) is 45.8 Å². The van der Waals surface area contributed by atoms with Crippen molar-refractivity contribution >= 4 is 21.6 Å². The van der Waals surface area contributed by atoms with Crippen molar-refractivity contribution in [3.05, 3.63) is 64.1 Å². The van der Waals surface area contributed by atoms with Crippen LogP contribution in [0, 0.1) is 6.92 Å². The van der Waals surface area contributed by atoms with Gasteiger partial charge in [0.25, 0.3) is 0 Å². The summed E-state index contributed by atoms with van der Waals surface area (Å²) in [5.74, 6) is 0. The molecule has 1 unspecified atom stereocenters. The summed E-state index contributed by atoms with van der Waals surface area (Å²) in [4.78, 5) is 2.25. The molecule has 2 nitrogen and oxygen atoms in total. The quantitative estimate of drug-likeness (QED) is 0.885. The van der Waals surface area contributed by atoms with Crippen molar-refractivity contribution in [1.29, 1.82) is 0 Å². The maximum atomic E-state index is 6.27. The zero-order valence-electron chi connectivity index (χ0n) is 12.0. The standard InChI is InChI=1S/C17H21BrN2/c1-13-6-8-16(9-7-13)20(2)11-10-17(19)14-4-3-5-15(18)12-14/h3-9,12,17H,10-11,19H2,1-2H3. The summed E-state index contributed by atoms with van der Waals surface area (Å²) in [5, 5.41) is 0. The molecule has 0 spiro atoms. The number of anilines is 1. The lowest BCUT2D eigenvalue weighted by atomic mass is 10.0. The molecule has 3 heteroatoms. The topological polar surface area (TPSA) is 29.3 Å². The molecule has 0 saturated carbocycles. The molecule has 2 N–H and O–H groups in total. The largest absolute Gasteiger partial charge is 0.375 e. The molecular formula is C17H21BrN2. The van der Waals surface area contributed by atoms with Crippen LogP contribution in [-0.4, -0.2) is 13.6 Å². The summed E-state index contributed by atoms with van der Waals surface area (Å²) in [7, 11) is 2.11. The van der Waals surface area contributed by atoms with Gasteiger partial charge >= 0.3 is 0 Å². The van der Waals surface area contributed by atoms with Crippen LogP contribution in [0.4, 0.5) is 5.69 Å². The van der Waals surface area contributed by atoms with Crippen LogP contribution in [0.5, 0.6) is 0 Å². The maximum Gasteiger partial charge on any atom is 0.0363 e. The fourth-order valence-electron chi connectivity index (χ4n) is 2.16. The lowest BCUT2D eigenvalue weighted by Gasteiger charge is -2.22. The minimum atomic E-state index is 0.0698. The first-order valence-electron chi connectivity index (χ1n) is 6.85. The highest BCUT2D eigenvalue weighted by Crippen LogP contribution is 2.20. The van der Waals surface area contributed by atoms with Gasteiger partial charge in [0, 0.05) is 29.8 Å². The van der Waals surface area contributed by atoms with E-state index in [-0.39, 0.29) is 6.04 Å². The van der Waals surface area contributed by atoms with E-state index in [1.165, 1.54) is 16.8 Å². The van der Waals surface area contributed by atoms with Crippen molar-refractivity contribution in [3.63, 3.8) is 0 Å². The maximum absolute atomic E-state index is 6.27. The summed E-state index contributed by atoms with van der Waals surface area (Å²) in [6.45, 7) is 3.05. The lowest BCUT2D eigenvalue weighted by molar-refractivity contribution is 0.645. The molecule has 0 saturated heterocycles. The van der Waals surface area contributed by atoms with Crippen molar-refractivity contribution in [2.24, 2.45) is 5.73 Å². The molecule has 0 aromatic heterocycles. The van der Waals surface area contributed by atoms with Gasteiger partial charge in [-0.25, -0.2) is 0 Å². The van der Waals surface area contributed by atoms with Gasteiger partial charge in [-0.15, -0.1) is 0 Å². The Kier molecular flexibility index (Phi) is 5.21. The molecule has 2 rings (SSSR count). The number of hydrogen-bond acceptors (Lipinski definition) is 2. The average Bonchev–Trinajstić information content (AvgIpc) is 2.45. The van der Waals surface area contributed by atoms with Crippen LogP contribution >= 0.6 is 15.9 Å². The Morgan fingerprint density at radius 3 is 2.50 bits per heavy atom. The monoisotopic (exact) mass is 332 g/mol. The first kappa shape index (κ1) is 15.1. The fraction of sp³-hybridized carbons (Fsp3) is 0.294. The third-order valence-corrected chi connectivity index (χ3v) is 4.02. The van der Waals surface area contributed by atoms with Gasteiger partial charge in [0.1, 0.15) is 0 Å². The van der Waals surface area contributed by atoms with E-state index in [4.69, 9.17) is 5.73 Å². The lowest BCUT2D eigenvalue weighted by Crippen LogP contribution is -2.23. The summed E-state index contributed by atoms with van der Waals surface area (Å²) in [5.41, 5.74) is 9.96. The van der Waals surface area contributed by atoms with E-state index >= 15 is 0 Å². The van der Waals surface area contributed by atoms with Gasteiger partial charge in [0.05, 0.1) is 0 Å². The van der Waals surface area contributed by atoms with Crippen LogP contribution < -0.4 is 10.6 Å². The van der Waals surface area contributed by atoms with Crippen molar-refractivity contribution in [2.45, 2.75) is 19.4 Å². The number of nitrogens with two attached hydrogens (primary N) is 1. The molecule has 0 fully saturated rings. The van der Waals surface area contributed by atoms with E-state index in [9.17, 15) is 0 Å². The highest BCUT2D eigenvalue weighted by molar-refractivity contribution is 9.10. The van der Waals surface area contributed by atoms with Gasteiger partial charge in [-0.2, -0.15) is 0 Å². The molecule has 106 valence electrons. The molecule has 2 aromatic carbocycles. The number of rotatable bonds is 5. The van der Waals surface area contributed by atoms with Crippen LogP contribution in [0.15, 0.2) is 53.0 Å². The second-order valence-electron chi connectivity index (χ2n) is 5.21. The SMILES string of the molecule is Cc1ccc(N(C)CCC(N)c2cccc(Br)c2)cc1. The molecule has 0 amide bonds. The summed E-state index contributed by atoms with van der Waals surface area (Å²) in [6, 6.07) is 16.9. The molecule has 0 heterocycles. The molecule has 0 radical (unpaired) electrons. The van der Waals surface area contributed by atoms with Crippen LogP contribution in [0.25, 0.3) is 0 Å². The predicted molar refractivity (Wildman–Crippen MR) is 90.1 cm³/mol. The Hall–Kier alpha value is -1.32. The summed E-state index contributed by atoms with van der Waals surface area (Å²) in [6.07, 6.45) is 0.931. The molecule has 20 heavy (non-hydrogen) atoms. The van der Waals surface area contributed by atoms with E-state index in [0.29, 0.717) is 0 Å². The second-order valence-corrected chi connectivity index (χ2v) is 6.12. The van der Waals surface area contributed by atoms with Gasteiger partial charge < -0.3 is 10.6 Å². The Morgan fingerprint density at radius 2 is 1.85 bits per heavy atom. The molecule has 0 aliphatic rings.